The predicted octanol–water partition coefficient (Wildman–Crippen LogP) is 1.75. The minimum Gasteiger partial charge on any atom is -0.394 e. The van der Waals surface area contributed by atoms with Gasteiger partial charge in [0.1, 0.15) is 23.4 Å². The molecule has 2 atom stereocenters. The van der Waals surface area contributed by atoms with Gasteiger partial charge in [0.2, 0.25) is 0 Å². The second-order valence-electron chi connectivity index (χ2n) is 4.10. The van der Waals surface area contributed by atoms with Gasteiger partial charge in [0.15, 0.2) is 0 Å². The monoisotopic (exact) mass is 253 g/mol. The minimum absolute atomic E-state index is 0.0610. The van der Waals surface area contributed by atoms with Gasteiger partial charge in [-0.05, 0) is 18.9 Å². The summed E-state index contributed by atoms with van der Waals surface area (Å²) in [6, 6.07) is 1.88. The largest absolute Gasteiger partial charge is 0.394 e. The molecule has 1 fully saturated rings. The standard InChI is InChI=1S/C11H12ClN3O2/c12-10-8-3-4-15(11(8)14-6-13-10)9-2-1-7(5-16)17-9/h3-4,6-7,9,16H,1-2,5H2. The normalized spacial score (nSPS) is 24.6. The molecule has 1 N–H and O–H groups in total. The van der Waals surface area contributed by atoms with Crippen molar-refractivity contribution in [2.24, 2.45) is 0 Å². The van der Waals surface area contributed by atoms with Crippen LogP contribution < -0.4 is 0 Å². The van der Waals surface area contributed by atoms with Crippen LogP contribution in [0.5, 0.6) is 0 Å². The Morgan fingerprint density at radius 2 is 2.35 bits per heavy atom. The lowest BCUT2D eigenvalue weighted by atomic mass is 10.2. The molecule has 0 bridgehead atoms. The van der Waals surface area contributed by atoms with Crippen LogP contribution in [0.15, 0.2) is 18.6 Å². The highest BCUT2D eigenvalue weighted by Crippen LogP contribution is 2.31. The van der Waals surface area contributed by atoms with Crippen molar-refractivity contribution in [1.82, 2.24) is 14.5 Å². The van der Waals surface area contributed by atoms with E-state index in [4.69, 9.17) is 21.4 Å². The van der Waals surface area contributed by atoms with E-state index >= 15 is 0 Å². The molecule has 0 saturated carbocycles. The van der Waals surface area contributed by atoms with Gasteiger partial charge in [-0.2, -0.15) is 0 Å². The summed E-state index contributed by atoms with van der Waals surface area (Å²) in [7, 11) is 0. The Labute approximate surface area is 103 Å². The van der Waals surface area contributed by atoms with Crippen LogP contribution >= 0.6 is 11.6 Å². The van der Waals surface area contributed by atoms with Gasteiger partial charge in [-0.15, -0.1) is 0 Å². The van der Waals surface area contributed by atoms with Crippen LogP contribution in [0.1, 0.15) is 19.1 Å². The summed E-state index contributed by atoms with van der Waals surface area (Å²) in [5.41, 5.74) is 0.772. The van der Waals surface area contributed by atoms with Crippen LogP contribution in [-0.4, -0.2) is 32.4 Å². The van der Waals surface area contributed by atoms with Crippen LogP contribution in [-0.2, 0) is 4.74 Å². The first kappa shape index (κ1) is 11.0. The highest BCUT2D eigenvalue weighted by molar-refractivity contribution is 6.33. The van der Waals surface area contributed by atoms with E-state index in [-0.39, 0.29) is 18.9 Å². The van der Waals surface area contributed by atoms with Gasteiger partial charge in [0.25, 0.3) is 0 Å². The van der Waals surface area contributed by atoms with Crippen molar-refractivity contribution < 1.29 is 9.84 Å². The van der Waals surface area contributed by atoms with Gasteiger partial charge in [-0.1, -0.05) is 11.6 Å². The highest BCUT2D eigenvalue weighted by Gasteiger charge is 2.27. The molecule has 0 aromatic carbocycles. The molecule has 3 heterocycles. The van der Waals surface area contributed by atoms with Crippen molar-refractivity contribution in [2.45, 2.75) is 25.2 Å². The number of nitrogens with zero attached hydrogens (tertiary/aromatic N) is 3. The first-order chi connectivity index (χ1) is 8.29. The quantitative estimate of drug-likeness (QED) is 0.829. The number of halogens is 1. The Kier molecular flexibility index (Phi) is 2.74. The maximum Gasteiger partial charge on any atom is 0.146 e. The van der Waals surface area contributed by atoms with E-state index in [0.29, 0.717) is 5.15 Å². The fraction of sp³-hybridized carbons (Fsp3) is 0.455. The molecule has 1 saturated heterocycles. The second-order valence-corrected chi connectivity index (χ2v) is 4.46. The molecule has 1 aliphatic heterocycles. The van der Waals surface area contributed by atoms with E-state index in [9.17, 15) is 0 Å². The van der Waals surface area contributed by atoms with Crippen molar-refractivity contribution >= 4 is 22.6 Å². The fourth-order valence-corrected chi connectivity index (χ4v) is 2.39. The molecule has 0 radical (unpaired) electrons. The SMILES string of the molecule is OCC1CCC(n2ccc3c(Cl)ncnc32)O1. The van der Waals surface area contributed by atoms with Crippen molar-refractivity contribution in [2.75, 3.05) is 6.61 Å². The fourth-order valence-electron chi connectivity index (χ4n) is 2.20. The number of aromatic nitrogens is 3. The van der Waals surface area contributed by atoms with Gasteiger partial charge in [-0.3, -0.25) is 0 Å². The molecule has 3 rings (SSSR count). The van der Waals surface area contributed by atoms with Crippen molar-refractivity contribution in [3.8, 4) is 0 Å². The Morgan fingerprint density at radius 3 is 3.12 bits per heavy atom. The maximum absolute atomic E-state index is 9.06. The molecular formula is C11H12ClN3O2. The van der Waals surface area contributed by atoms with Crippen molar-refractivity contribution in [3.63, 3.8) is 0 Å². The number of aliphatic hydroxyl groups is 1. The van der Waals surface area contributed by atoms with E-state index in [1.54, 1.807) is 0 Å². The van der Waals surface area contributed by atoms with Crippen molar-refractivity contribution in [1.29, 1.82) is 0 Å². The summed E-state index contributed by atoms with van der Waals surface area (Å²) >= 11 is 5.99. The number of fused-ring (bicyclic) bond motifs is 1. The van der Waals surface area contributed by atoms with Gasteiger partial charge < -0.3 is 14.4 Å². The minimum atomic E-state index is -0.0743. The molecule has 1 aliphatic rings. The van der Waals surface area contributed by atoms with E-state index in [1.807, 2.05) is 16.8 Å². The third-order valence-electron chi connectivity index (χ3n) is 3.06. The summed E-state index contributed by atoms with van der Waals surface area (Å²) in [5, 5.41) is 10.3. The number of aliphatic hydroxyl groups excluding tert-OH is 1. The summed E-state index contributed by atoms with van der Waals surface area (Å²) in [6.45, 7) is 0.0610. The zero-order chi connectivity index (χ0) is 11.8. The Balaban J connectivity index is 1.99. The zero-order valence-electron chi connectivity index (χ0n) is 9.08. The maximum atomic E-state index is 9.06. The van der Waals surface area contributed by atoms with E-state index in [0.717, 1.165) is 23.9 Å². The smallest absolute Gasteiger partial charge is 0.146 e. The molecule has 17 heavy (non-hydrogen) atoms. The summed E-state index contributed by atoms with van der Waals surface area (Å²) in [5.74, 6) is 0. The summed E-state index contributed by atoms with van der Waals surface area (Å²) in [4.78, 5) is 8.16. The van der Waals surface area contributed by atoms with E-state index < -0.39 is 0 Å². The average Bonchev–Trinajstić information content (AvgIpc) is 2.94. The molecule has 2 aromatic heterocycles. The van der Waals surface area contributed by atoms with E-state index in [2.05, 4.69) is 9.97 Å². The molecule has 6 heteroatoms. The molecule has 90 valence electrons. The third-order valence-corrected chi connectivity index (χ3v) is 3.36. The topological polar surface area (TPSA) is 60.2 Å². The number of ether oxygens (including phenoxy) is 1. The first-order valence-electron chi connectivity index (χ1n) is 5.53. The highest BCUT2D eigenvalue weighted by atomic mass is 35.5. The van der Waals surface area contributed by atoms with Gasteiger partial charge >= 0.3 is 0 Å². The second kappa shape index (κ2) is 4.25. The average molecular weight is 254 g/mol. The van der Waals surface area contributed by atoms with Crippen molar-refractivity contribution in [3.05, 3.63) is 23.7 Å². The molecule has 0 amide bonds. The molecule has 5 nitrogen and oxygen atoms in total. The Bertz CT molecular complexity index is 542. The first-order valence-corrected chi connectivity index (χ1v) is 5.90. The van der Waals surface area contributed by atoms with Gasteiger partial charge in [0, 0.05) is 6.20 Å². The zero-order valence-corrected chi connectivity index (χ0v) is 9.84. The van der Waals surface area contributed by atoms with E-state index in [1.165, 1.54) is 6.33 Å². The number of hydrogen-bond donors (Lipinski definition) is 1. The summed E-state index contributed by atoms with van der Waals surface area (Å²) in [6.07, 6.45) is 4.93. The van der Waals surface area contributed by atoms with Crippen LogP contribution in [0, 0.1) is 0 Å². The lowest BCUT2D eigenvalue weighted by Crippen LogP contribution is -2.14. The molecule has 0 spiro atoms. The van der Waals surface area contributed by atoms with Crippen LogP contribution in [0.25, 0.3) is 11.0 Å². The lowest BCUT2D eigenvalue weighted by molar-refractivity contribution is -0.0204. The molecule has 0 aliphatic carbocycles. The van der Waals surface area contributed by atoms with Gasteiger partial charge in [0.05, 0.1) is 18.1 Å². The van der Waals surface area contributed by atoms with Crippen LogP contribution in [0.2, 0.25) is 5.15 Å². The molecule has 2 aromatic rings. The van der Waals surface area contributed by atoms with Crippen LogP contribution in [0.4, 0.5) is 0 Å². The third kappa shape index (κ3) is 1.80. The van der Waals surface area contributed by atoms with Gasteiger partial charge in [-0.25, -0.2) is 9.97 Å². The molecule has 2 unspecified atom stereocenters. The Hall–Kier alpha value is -1.17. The number of hydrogen-bond acceptors (Lipinski definition) is 4. The van der Waals surface area contributed by atoms with Crippen LogP contribution in [0.3, 0.4) is 0 Å². The number of rotatable bonds is 2. The Morgan fingerprint density at radius 1 is 1.47 bits per heavy atom. The summed E-state index contributed by atoms with van der Waals surface area (Å²) < 4.78 is 7.66. The lowest BCUT2D eigenvalue weighted by Gasteiger charge is -2.14. The molecular weight excluding hydrogens is 242 g/mol. The predicted molar refractivity (Wildman–Crippen MR) is 62.8 cm³/mol.